The van der Waals surface area contributed by atoms with Gasteiger partial charge in [0.1, 0.15) is 11.9 Å². The number of hydrogen-bond acceptors (Lipinski definition) is 5. The van der Waals surface area contributed by atoms with Crippen molar-refractivity contribution in [2.75, 3.05) is 51.3 Å². The highest BCUT2D eigenvalue weighted by Crippen LogP contribution is 2.35. The van der Waals surface area contributed by atoms with Crippen molar-refractivity contribution in [3.05, 3.63) is 47.3 Å². The molecule has 1 N–H and O–H groups in total. The molecule has 0 aliphatic carbocycles. The highest BCUT2D eigenvalue weighted by Gasteiger charge is 2.41. The van der Waals surface area contributed by atoms with Gasteiger partial charge in [-0.25, -0.2) is 0 Å². The summed E-state index contributed by atoms with van der Waals surface area (Å²) in [6, 6.07) is 7.52. The number of rotatable bonds is 5. The van der Waals surface area contributed by atoms with E-state index in [2.05, 4.69) is 21.3 Å². The number of aryl methyl sites for hydroxylation is 2. The van der Waals surface area contributed by atoms with Gasteiger partial charge in [-0.2, -0.15) is 0 Å². The minimum absolute atomic E-state index is 0.108. The van der Waals surface area contributed by atoms with Crippen molar-refractivity contribution in [3.63, 3.8) is 0 Å². The lowest BCUT2D eigenvalue weighted by Crippen LogP contribution is -2.55. The summed E-state index contributed by atoms with van der Waals surface area (Å²) in [5.41, 5.74) is 3.95. The SMILES string of the molecule is CCCN1CC(N2CCN(c3ccc(O)cc3)CC2)C(OC)c2c(c(C)cn2C)C1=O. The molecule has 4 rings (SSSR count). The van der Waals surface area contributed by atoms with E-state index < -0.39 is 0 Å². The van der Waals surface area contributed by atoms with Crippen LogP contribution in [0.1, 0.15) is 41.1 Å². The molecule has 0 bridgehead atoms. The molecule has 2 atom stereocenters. The van der Waals surface area contributed by atoms with Gasteiger partial charge in [-0.1, -0.05) is 6.92 Å². The molecule has 31 heavy (non-hydrogen) atoms. The van der Waals surface area contributed by atoms with Crippen LogP contribution < -0.4 is 4.90 Å². The number of carbonyl (C=O) groups excluding carboxylic acids is 1. The number of nitrogens with zero attached hydrogens (tertiary/aromatic N) is 4. The normalized spacial score (nSPS) is 22.5. The molecule has 2 aromatic rings. The lowest BCUT2D eigenvalue weighted by Gasteiger charge is -2.43. The van der Waals surface area contributed by atoms with Crippen LogP contribution in [0, 0.1) is 6.92 Å². The number of aromatic hydroxyl groups is 1. The van der Waals surface area contributed by atoms with Crippen LogP contribution in [0.3, 0.4) is 0 Å². The van der Waals surface area contributed by atoms with E-state index in [-0.39, 0.29) is 23.8 Å². The number of methoxy groups -OCH3 is 1. The van der Waals surface area contributed by atoms with E-state index in [1.807, 2.05) is 37.2 Å². The van der Waals surface area contributed by atoms with Gasteiger partial charge in [0.25, 0.3) is 5.91 Å². The molecule has 3 heterocycles. The molecule has 0 spiro atoms. The van der Waals surface area contributed by atoms with E-state index in [9.17, 15) is 9.90 Å². The standard InChI is InChI=1S/C24H34N4O3/c1-5-10-28-16-20(23(31-4)22-21(24(28)30)17(2)15-25(22)3)27-13-11-26(12-14-27)18-6-8-19(29)9-7-18/h6-9,15,20,23,29H,5,10-14,16H2,1-4H3. The van der Waals surface area contributed by atoms with Crippen LogP contribution in [-0.4, -0.2) is 77.8 Å². The first-order chi connectivity index (χ1) is 14.9. The Morgan fingerprint density at radius 1 is 1.13 bits per heavy atom. The number of phenols is 1. The van der Waals surface area contributed by atoms with Crippen molar-refractivity contribution in [3.8, 4) is 5.75 Å². The Kier molecular flexibility index (Phi) is 6.25. The van der Waals surface area contributed by atoms with Gasteiger partial charge in [0.2, 0.25) is 0 Å². The molecule has 1 aromatic carbocycles. The van der Waals surface area contributed by atoms with E-state index >= 15 is 0 Å². The summed E-state index contributed by atoms with van der Waals surface area (Å²) in [6.07, 6.45) is 2.83. The second kappa shape index (κ2) is 8.93. The molecule has 1 amide bonds. The molecular formula is C24H34N4O3. The third-order valence-electron chi connectivity index (χ3n) is 6.69. The number of anilines is 1. The topological polar surface area (TPSA) is 61.2 Å². The Hall–Kier alpha value is -2.51. The third kappa shape index (κ3) is 4.04. The van der Waals surface area contributed by atoms with Crippen molar-refractivity contribution in [1.82, 2.24) is 14.4 Å². The van der Waals surface area contributed by atoms with E-state index in [0.29, 0.717) is 6.54 Å². The number of carbonyl (C=O) groups is 1. The van der Waals surface area contributed by atoms with E-state index in [4.69, 9.17) is 4.74 Å². The maximum atomic E-state index is 13.4. The summed E-state index contributed by atoms with van der Waals surface area (Å²) < 4.78 is 8.15. The van der Waals surface area contributed by atoms with Crippen molar-refractivity contribution >= 4 is 11.6 Å². The lowest BCUT2D eigenvalue weighted by atomic mass is 10.0. The fraction of sp³-hybridized carbons (Fsp3) is 0.542. The van der Waals surface area contributed by atoms with Crippen LogP contribution in [0.25, 0.3) is 0 Å². The maximum absolute atomic E-state index is 13.4. The first-order valence-electron chi connectivity index (χ1n) is 11.2. The average Bonchev–Trinajstić information content (AvgIpc) is 2.99. The molecule has 1 aromatic heterocycles. The maximum Gasteiger partial charge on any atom is 0.256 e. The monoisotopic (exact) mass is 426 g/mol. The highest BCUT2D eigenvalue weighted by atomic mass is 16.5. The minimum Gasteiger partial charge on any atom is -0.508 e. The predicted molar refractivity (Wildman–Crippen MR) is 122 cm³/mol. The number of hydrogen-bond donors (Lipinski definition) is 1. The summed E-state index contributed by atoms with van der Waals surface area (Å²) in [7, 11) is 3.77. The predicted octanol–water partition coefficient (Wildman–Crippen LogP) is 2.78. The number of aromatic nitrogens is 1. The number of piperazine rings is 1. The summed E-state index contributed by atoms with van der Waals surface area (Å²) in [6.45, 7) is 9.18. The smallest absolute Gasteiger partial charge is 0.256 e. The fourth-order valence-electron chi connectivity index (χ4n) is 5.18. The minimum atomic E-state index is -0.153. The zero-order valence-corrected chi connectivity index (χ0v) is 19.0. The van der Waals surface area contributed by atoms with Crippen molar-refractivity contribution in [1.29, 1.82) is 0 Å². The lowest BCUT2D eigenvalue weighted by molar-refractivity contribution is -0.00306. The molecule has 7 nitrogen and oxygen atoms in total. The second-order valence-electron chi connectivity index (χ2n) is 8.70. The number of benzene rings is 1. The Morgan fingerprint density at radius 3 is 2.42 bits per heavy atom. The molecule has 168 valence electrons. The summed E-state index contributed by atoms with van der Waals surface area (Å²) in [5, 5.41) is 9.57. The van der Waals surface area contributed by atoms with Gasteiger partial charge in [-0.05, 0) is 43.2 Å². The van der Waals surface area contributed by atoms with Crippen LogP contribution in [-0.2, 0) is 11.8 Å². The van der Waals surface area contributed by atoms with Crippen LogP contribution in [0.5, 0.6) is 5.75 Å². The zero-order valence-electron chi connectivity index (χ0n) is 19.0. The Labute approximate surface area is 184 Å². The zero-order chi connectivity index (χ0) is 22.1. The average molecular weight is 427 g/mol. The third-order valence-corrected chi connectivity index (χ3v) is 6.69. The molecule has 7 heteroatoms. The van der Waals surface area contributed by atoms with Crippen LogP contribution in [0.4, 0.5) is 5.69 Å². The van der Waals surface area contributed by atoms with Gasteiger partial charge in [0, 0.05) is 65.3 Å². The second-order valence-corrected chi connectivity index (χ2v) is 8.70. The molecule has 2 aliphatic rings. The van der Waals surface area contributed by atoms with Gasteiger partial charge in [-0.3, -0.25) is 9.69 Å². The largest absolute Gasteiger partial charge is 0.508 e. The van der Waals surface area contributed by atoms with Gasteiger partial charge in [0.05, 0.1) is 17.3 Å². The van der Waals surface area contributed by atoms with Crippen molar-refractivity contribution < 1.29 is 14.6 Å². The first-order valence-corrected chi connectivity index (χ1v) is 11.2. The van der Waals surface area contributed by atoms with Crippen LogP contribution >= 0.6 is 0 Å². The number of amides is 1. The fourth-order valence-corrected chi connectivity index (χ4v) is 5.18. The molecule has 0 saturated carbocycles. The number of ether oxygens (including phenoxy) is 1. The van der Waals surface area contributed by atoms with Crippen molar-refractivity contribution in [2.24, 2.45) is 7.05 Å². The van der Waals surface area contributed by atoms with Crippen LogP contribution in [0.15, 0.2) is 30.5 Å². The molecule has 2 unspecified atom stereocenters. The molecule has 1 fully saturated rings. The quantitative estimate of drug-likeness (QED) is 0.797. The molecule has 2 aliphatic heterocycles. The van der Waals surface area contributed by atoms with Gasteiger partial charge < -0.3 is 24.2 Å². The van der Waals surface area contributed by atoms with E-state index in [1.54, 1.807) is 19.2 Å². The summed E-state index contributed by atoms with van der Waals surface area (Å²) in [4.78, 5) is 20.3. The van der Waals surface area contributed by atoms with Crippen molar-refractivity contribution in [2.45, 2.75) is 32.4 Å². The first kappa shape index (κ1) is 21.7. The molecule has 1 saturated heterocycles. The van der Waals surface area contributed by atoms with Gasteiger partial charge >= 0.3 is 0 Å². The van der Waals surface area contributed by atoms with Gasteiger partial charge in [-0.15, -0.1) is 0 Å². The Balaban J connectivity index is 1.60. The van der Waals surface area contributed by atoms with Gasteiger partial charge in [0.15, 0.2) is 0 Å². The van der Waals surface area contributed by atoms with E-state index in [1.165, 1.54) is 0 Å². The molecular weight excluding hydrogens is 392 g/mol. The van der Waals surface area contributed by atoms with Crippen LogP contribution in [0.2, 0.25) is 0 Å². The summed E-state index contributed by atoms with van der Waals surface area (Å²) >= 11 is 0. The number of fused-ring (bicyclic) bond motifs is 1. The number of phenolic OH excluding ortho intramolecular Hbond substituents is 1. The Morgan fingerprint density at radius 2 is 1.81 bits per heavy atom. The highest BCUT2D eigenvalue weighted by molar-refractivity contribution is 5.97. The summed E-state index contributed by atoms with van der Waals surface area (Å²) in [5.74, 6) is 0.417. The van der Waals surface area contributed by atoms with E-state index in [0.717, 1.165) is 61.7 Å². The Bertz CT molecular complexity index is 916. The molecule has 0 radical (unpaired) electrons.